The van der Waals surface area contributed by atoms with Crippen LogP contribution in [-0.4, -0.2) is 0 Å². The second-order valence-corrected chi connectivity index (χ2v) is 5.33. The Hall–Kier alpha value is -1.35. The topological polar surface area (TPSA) is 9.23 Å². The first kappa shape index (κ1) is 11.7. The number of benzene rings is 2. The molecule has 3 rings (SSSR count). The number of hydrogen-bond donors (Lipinski definition) is 0. The first-order valence-corrected chi connectivity index (χ1v) is 6.73. The molecule has 3 heteroatoms. The van der Waals surface area contributed by atoms with Crippen LogP contribution in [0.4, 0.5) is 4.39 Å². The molecule has 1 nitrogen and oxygen atoms in total. The van der Waals surface area contributed by atoms with Crippen LogP contribution in [-0.2, 0) is 6.42 Å². The van der Waals surface area contributed by atoms with Crippen molar-refractivity contribution < 1.29 is 9.13 Å². The fourth-order valence-corrected chi connectivity index (χ4v) is 2.72. The number of halogens is 2. The van der Waals surface area contributed by atoms with E-state index in [-0.39, 0.29) is 11.9 Å². The zero-order valence-electron chi connectivity index (χ0n) is 9.70. The highest BCUT2D eigenvalue weighted by Gasteiger charge is 2.23. The molecule has 0 amide bonds. The molecule has 0 aromatic heterocycles. The predicted octanol–water partition coefficient (Wildman–Crippen LogP) is 4.65. The lowest BCUT2D eigenvalue weighted by Crippen LogP contribution is -2.16. The maximum Gasteiger partial charge on any atom is 0.130 e. The number of rotatable bonds is 1. The van der Waals surface area contributed by atoms with E-state index in [1.807, 2.05) is 18.2 Å². The van der Waals surface area contributed by atoms with Gasteiger partial charge < -0.3 is 4.74 Å². The minimum absolute atomic E-state index is 0.181. The normalized spacial score (nSPS) is 18.0. The molecule has 0 spiro atoms. The standard InChI is InChI=1S/C15H12BrFO/c16-11-6-8-14-10(9-11)5-7-15(18-14)12-3-1-2-4-13(12)17/h1-4,6,8-9,15H,5,7H2. The molecule has 18 heavy (non-hydrogen) atoms. The van der Waals surface area contributed by atoms with Crippen LogP contribution in [0.2, 0.25) is 0 Å². The first-order valence-electron chi connectivity index (χ1n) is 5.93. The average Bonchev–Trinajstić information content (AvgIpc) is 2.39. The Balaban J connectivity index is 1.92. The van der Waals surface area contributed by atoms with Gasteiger partial charge in [0, 0.05) is 10.0 Å². The minimum Gasteiger partial charge on any atom is -0.485 e. The van der Waals surface area contributed by atoms with Crippen LogP contribution >= 0.6 is 15.9 Å². The third kappa shape index (κ3) is 2.15. The second-order valence-electron chi connectivity index (χ2n) is 4.42. The molecule has 0 aliphatic carbocycles. The van der Waals surface area contributed by atoms with E-state index in [1.165, 1.54) is 11.6 Å². The molecule has 92 valence electrons. The number of ether oxygens (including phenoxy) is 1. The Bertz CT molecular complexity index is 582. The summed E-state index contributed by atoms with van der Waals surface area (Å²) in [6, 6.07) is 12.8. The summed E-state index contributed by atoms with van der Waals surface area (Å²) in [5, 5.41) is 0. The van der Waals surface area contributed by atoms with Crippen molar-refractivity contribution in [2.45, 2.75) is 18.9 Å². The van der Waals surface area contributed by atoms with Gasteiger partial charge >= 0.3 is 0 Å². The van der Waals surface area contributed by atoms with Crippen molar-refractivity contribution in [3.05, 3.63) is 63.9 Å². The molecule has 2 aromatic carbocycles. The van der Waals surface area contributed by atoms with Gasteiger partial charge in [0.15, 0.2) is 0 Å². The largest absolute Gasteiger partial charge is 0.485 e. The van der Waals surface area contributed by atoms with Gasteiger partial charge in [-0.25, -0.2) is 4.39 Å². The third-order valence-corrected chi connectivity index (χ3v) is 3.71. The van der Waals surface area contributed by atoms with Crippen molar-refractivity contribution in [2.24, 2.45) is 0 Å². The molecule has 0 saturated heterocycles. The lowest BCUT2D eigenvalue weighted by Gasteiger charge is -2.26. The second kappa shape index (κ2) is 4.73. The summed E-state index contributed by atoms with van der Waals surface area (Å²) >= 11 is 3.45. The van der Waals surface area contributed by atoms with Crippen molar-refractivity contribution in [3.63, 3.8) is 0 Å². The van der Waals surface area contributed by atoms with Crippen molar-refractivity contribution in [1.29, 1.82) is 0 Å². The number of hydrogen-bond acceptors (Lipinski definition) is 1. The van der Waals surface area contributed by atoms with Gasteiger partial charge in [0.1, 0.15) is 17.7 Å². The molecular formula is C15H12BrFO. The van der Waals surface area contributed by atoms with E-state index in [0.717, 1.165) is 23.1 Å². The van der Waals surface area contributed by atoms with Crippen molar-refractivity contribution in [1.82, 2.24) is 0 Å². The summed E-state index contributed by atoms with van der Waals surface area (Å²) in [5.41, 5.74) is 1.82. The Kier molecular flexibility index (Phi) is 3.08. The molecule has 0 radical (unpaired) electrons. The predicted molar refractivity (Wildman–Crippen MR) is 72.2 cm³/mol. The van der Waals surface area contributed by atoms with Gasteiger partial charge in [0.25, 0.3) is 0 Å². The summed E-state index contributed by atoms with van der Waals surface area (Å²) in [6.45, 7) is 0. The van der Waals surface area contributed by atoms with Crippen molar-refractivity contribution in [3.8, 4) is 5.75 Å². The lowest BCUT2D eigenvalue weighted by atomic mass is 9.97. The molecule has 1 heterocycles. The highest BCUT2D eigenvalue weighted by Crippen LogP contribution is 2.36. The van der Waals surface area contributed by atoms with Crippen molar-refractivity contribution in [2.75, 3.05) is 0 Å². The molecule has 1 atom stereocenters. The van der Waals surface area contributed by atoms with E-state index in [1.54, 1.807) is 12.1 Å². The van der Waals surface area contributed by atoms with E-state index in [9.17, 15) is 4.39 Å². The van der Waals surface area contributed by atoms with E-state index in [0.29, 0.717) is 5.56 Å². The molecule has 1 aliphatic heterocycles. The van der Waals surface area contributed by atoms with Gasteiger partial charge in [-0.2, -0.15) is 0 Å². The molecule has 2 aromatic rings. The maximum atomic E-state index is 13.7. The fraction of sp³-hybridized carbons (Fsp3) is 0.200. The van der Waals surface area contributed by atoms with E-state index >= 15 is 0 Å². The molecule has 1 unspecified atom stereocenters. The van der Waals surface area contributed by atoms with Crippen LogP contribution < -0.4 is 4.74 Å². The van der Waals surface area contributed by atoms with Gasteiger partial charge in [0.05, 0.1) is 0 Å². The highest BCUT2D eigenvalue weighted by molar-refractivity contribution is 9.10. The molecular weight excluding hydrogens is 295 g/mol. The summed E-state index contributed by atoms with van der Waals surface area (Å²) in [7, 11) is 0. The molecule has 0 fully saturated rings. The quantitative estimate of drug-likeness (QED) is 0.745. The average molecular weight is 307 g/mol. The van der Waals surface area contributed by atoms with Crippen LogP contribution in [0, 0.1) is 5.82 Å². The zero-order valence-corrected chi connectivity index (χ0v) is 11.3. The number of aryl methyl sites for hydroxylation is 1. The summed E-state index contributed by atoms with van der Waals surface area (Å²) < 4.78 is 20.7. The lowest BCUT2D eigenvalue weighted by molar-refractivity contribution is 0.172. The molecule has 0 saturated carbocycles. The van der Waals surface area contributed by atoms with E-state index in [2.05, 4.69) is 22.0 Å². The maximum absolute atomic E-state index is 13.7. The Morgan fingerprint density at radius 2 is 2.00 bits per heavy atom. The van der Waals surface area contributed by atoms with Crippen LogP contribution in [0.5, 0.6) is 5.75 Å². The summed E-state index contributed by atoms with van der Waals surface area (Å²) in [4.78, 5) is 0. The highest BCUT2D eigenvalue weighted by atomic mass is 79.9. The van der Waals surface area contributed by atoms with Crippen LogP contribution in [0.25, 0.3) is 0 Å². The smallest absolute Gasteiger partial charge is 0.130 e. The van der Waals surface area contributed by atoms with Gasteiger partial charge in [-0.05, 0) is 42.7 Å². The third-order valence-electron chi connectivity index (χ3n) is 3.22. The van der Waals surface area contributed by atoms with Gasteiger partial charge in [-0.15, -0.1) is 0 Å². The number of fused-ring (bicyclic) bond motifs is 1. The van der Waals surface area contributed by atoms with Crippen molar-refractivity contribution >= 4 is 15.9 Å². The van der Waals surface area contributed by atoms with Gasteiger partial charge in [0.2, 0.25) is 0 Å². The van der Waals surface area contributed by atoms with E-state index in [4.69, 9.17) is 4.74 Å². The van der Waals surface area contributed by atoms with E-state index < -0.39 is 0 Å². The zero-order chi connectivity index (χ0) is 12.5. The summed E-state index contributed by atoms with van der Waals surface area (Å²) in [6.07, 6.45) is 1.54. The van der Waals surface area contributed by atoms with Gasteiger partial charge in [-0.1, -0.05) is 34.1 Å². The first-order chi connectivity index (χ1) is 8.74. The fourth-order valence-electron chi connectivity index (χ4n) is 2.31. The molecule has 0 bridgehead atoms. The molecule has 0 N–H and O–H groups in total. The van der Waals surface area contributed by atoms with Gasteiger partial charge in [-0.3, -0.25) is 0 Å². The minimum atomic E-state index is -0.192. The van der Waals surface area contributed by atoms with Crippen LogP contribution in [0.15, 0.2) is 46.9 Å². The Morgan fingerprint density at radius 1 is 1.17 bits per heavy atom. The summed E-state index contributed by atoms with van der Waals surface area (Å²) in [5.74, 6) is 0.667. The molecule has 1 aliphatic rings. The Labute approximate surface area is 114 Å². The Morgan fingerprint density at radius 3 is 2.83 bits per heavy atom. The van der Waals surface area contributed by atoms with Crippen LogP contribution in [0.1, 0.15) is 23.7 Å². The van der Waals surface area contributed by atoms with Crippen LogP contribution in [0.3, 0.4) is 0 Å². The SMILES string of the molecule is Fc1ccccc1C1CCc2cc(Br)ccc2O1. The monoisotopic (exact) mass is 306 g/mol.